The van der Waals surface area contributed by atoms with Gasteiger partial charge in [0.15, 0.2) is 0 Å². The van der Waals surface area contributed by atoms with Gasteiger partial charge in [-0.3, -0.25) is 4.40 Å². The van der Waals surface area contributed by atoms with Crippen LogP contribution >= 0.6 is 11.6 Å². The smallest absolute Gasteiger partial charge is 0.138 e. The standard InChI is InChI=1S/C11H14ClN3/c1-3-8(13)11-7(2)14-10-6-4-5-9(12)15(10)11/h4-6,8H,3,13H2,1-2H3. The molecular formula is C11H14ClN3. The third-order valence-electron chi connectivity index (χ3n) is 2.61. The molecule has 0 saturated carbocycles. The normalized spacial score (nSPS) is 13.3. The molecule has 0 radical (unpaired) electrons. The van der Waals surface area contributed by atoms with Gasteiger partial charge in [0, 0.05) is 6.04 Å². The summed E-state index contributed by atoms with van der Waals surface area (Å²) in [6.07, 6.45) is 0.875. The molecule has 2 heterocycles. The zero-order valence-electron chi connectivity index (χ0n) is 8.87. The number of hydrogen-bond acceptors (Lipinski definition) is 2. The van der Waals surface area contributed by atoms with E-state index in [0.29, 0.717) is 5.15 Å². The number of imidazole rings is 1. The molecule has 0 spiro atoms. The minimum absolute atomic E-state index is 0.0140. The third-order valence-corrected chi connectivity index (χ3v) is 2.90. The van der Waals surface area contributed by atoms with Crippen LogP contribution in [0.25, 0.3) is 5.65 Å². The van der Waals surface area contributed by atoms with Crippen LogP contribution in [-0.2, 0) is 0 Å². The van der Waals surface area contributed by atoms with E-state index in [2.05, 4.69) is 11.9 Å². The lowest BCUT2D eigenvalue weighted by atomic mass is 10.1. The predicted molar refractivity (Wildman–Crippen MR) is 62.2 cm³/mol. The van der Waals surface area contributed by atoms with Gasteiger partial charge in [-0.1, -0.05) is 24.6 Å². The van der Waals surface area contributed by atoms with Crippen LogP contribution in [0.5, 0.6) is 0 Å². The fraction of sp³-hybridized carbons (Fsp3) is 0.364. The zero-order valence-corrected chi connectivity index (χ0v) is 9.62. The highest BCUT2D eigenvalue weighted by Gasteiger charge is 2.15. The van der Waals surface area contributed by atoms with Gasteiger partial charge in [0.1, 0.15) is 10.8 Å². The van der Waals surface area contributed by atoms with Crippen molar-refractivity contribution in [3.8, 4) is 0 Å². The first-order valence-corrected chi connectivity index (χ1v) is 5.42. The Balaban J connectivity index is 2.76. The van der Waals surface area contributed by atoms with E-state index in [0.717, 1.165) is 23.5 Å². The van der Waals surface area contributed by atoms with Crippen molar-refractivity contribution < 1.29 is 0 Å². The second-order valence-electron chi connectivity index (χ2n) is 3.64. The van der Waals surface area contributed by atoms with E-state index in [1.54, 1.807) is 0 Å². The van der Waals surface area contributed by atoms with E-state index in [-0.39, 0.29) is 6.04 Å². The van der Waals surface area contributed by atoms with E-state index < -0.39 is 0 Å². The molecule has 0 amide bonds. The van der Waals surface area contributed by atoms with Crippen LogP contribution in [0.4, 0.5) is 0 Å². The van der Waals surface area contributed by atoms with Crippen molar-refractivity contribution >= 4 is 17.2 Å². The molecular weight excluding hydrogens is 210 g/mol. The Labute approximate surface area is 93.9 Å². The number of halogens is 1. The maximum Gasteiger partial charge on any atom is 0.138 e. The molecule has 0 aromatic carbocycles. The van der Waals surface area contributed by atoms with E-state index in [9.17, 15) is 0 Å². The number of hydrogen-bond donors (Lipinski definition) is 1. The van der Waals surface area contributed by atoms with Crippen molar-refractivity contribution in [1.29, 1.82) is 0 Å². The first kappa shape index (κ1) is 10.5. The highest BCUT2D eigenvalue weighted by Crippen LogP contribution is 2.23. The molecule has 3 nitrogen and oxygen atoms in total. The van der Waals surface area contributed by atoms with Gasteiger partial charge >= 0.3 is 0 Å². The Kier molecular flexibility index (Phi) is 2.67. The number of aryl methyl sites for hydroxylation is 1. The largest absolute Gasteiger partial charge is 0.323 e. The predicted octanol–water partition coefficient (Wildman–Crippen LogP) is 2.71. The Bertz CT molecular complexity index is 490. The fourth-order valence-electron chi connectivity index (χ4n) is 1.82. The molecule has 2 rings (SSSR count). The zero-order chi connectivity index (χ0) is 11.0. The Hall–Kier alpha value is -1.06. The first-order valence-electron chi connectivity index (χ1n) is 5.04. The summed E-state index contributed by atoms with van der Waals surface area (Å²) in [5, 5.41) is 0.659. The lowest BCUT2D eigenvalue weighted by Gasteiger charge is -2.10. The summed E-state index contributed by atoms with van der Waals surface area (Å²) in [7, 11) is 0. The molecule has 4 heteroatoms. The molecule has 15 heavy (non-hydrogen) atoms. The Morgan fingerprint density at radius 2 is 2.27 bits per heavy atom. The lowest BCUT2D eigenvalue weighted by molar-refractivity contribution is 0.664. The van der Waals surface area contributed by atoms with Crippen molar-refractivity contribution in [3.05, 3.63) is 34.7 Å². The number of rotatable bonds is 2. The molecule has 2 aromatic heterocycles. The van der Waals surface area contributed by atoms with Crippen molar-refractivity contribution in [1.82, 2.24) is 9.38 Å². The summed E-state index contributed by atoms with van der Waals surface area (Å²) in [6.45, 7) is 4.02. The highest BCUT2D eigenvalue weighted by molar-refractivity contribution is 6.29. The van der Waals surface area contributed by atoms with E-state index >= 15 is 0 Å². The molecule has 1 atom stereocenters. The Morgan fingerprint density at radius 3 is 2.93 bits per heavy atom. The number of aromatic nitrogens is 2. The topological polar surface area (TPSA) is 43.3 Å². The molecule has 1 unspecified atom stereocenters. The average Bonchev–Trinajstić information content (AvgIpc) is 2.55. The van der Waals surface area contributed by atoms with Gasteiger partial charge < -0.3 is 5.73 Å². The molecule has 0 saturated heterocycles. The highest BCUT2D eigenvalue weighted by atomic mass is 35.5. The van der Waals surface area contributed by atoms with Crippen LogP contribution in [0.1, 0.15) is 30.8 Å². The van der Waals surface area contributed by atoms with Crippen molar-refractivity contribution in [2.75, 3.05) is 0 Å². The van der Waals surface area contributed by atoms with Crippen LogP contribution < -0.4 is 5.73 Å². The molecule has 0 aliphatic carbocycles. The monoisotopic (exact) mass is 223 g/mol. The van der Waals surface area contributed by atoms with Gasteiger partial charge in [0.2, 0.25) is 0 Å². The average molecular weight is 224 g/mol. The van der Waals surface area contributed by atoms with Crippen LogP contribution in [-0.4, -0.2) is 9.38 Å². The first-order chi connectivity index (χ1) is 7.15. The fourth-order valence-corrected chi connectivity index (χ4v) is 2.07. The molecule has 2 N–H and O–H groups in total. The summed E-state index contributed by atoms with van der Waals surface area (Å²) in [5.74, 6) is 0. The quantitative estimate of drug-likeness (QED) is 0.796. The molecule has 0 aliphatic heterocycles. The summed E-state index contributed by atoms with van der Waals surface area (Å²) >= 11 is 6.14. The van der Waals surface area contributed by atoms with Crippen molar-refractivity contribution in [3.63, 3.8) is 0 Å². The maximum atomic E-state index is 6.14. The lowest BCUT2D eigenvalue weighted by Crippen LogP contribution is -2.13. The van der Waals surface area contributed by atoms with Gasteiger partial charge in [-0.2, -0.15) is 0 Å². The van der Waals surface area contributed by atoms with E-state index in [1.807, 2.05) is 29.5 Å². The van der Waals surface area contributed by atoms with Crippen LogP contribution in [0, 0.1) is 6.92 Å². The van der Waals surface area contributed by atoms with Gasteiger partial charge in [0.05, 0.1) is 11.4 Å². The van der Waals surface area contributed by atoms with Gasteiger partial charge in [-0.25, -0.2) is 4.98 Å². The number of nitrogens with two attached hydrogens (primary N) is 1. The molecule has 0 fully saturated rings. The summed E-state index contributed by atoms with van der Waals surface area (Å²) in [4.78, 5) is 4.44. The van der Waals surface area contributed by atoms with Gasteiger partial charge in [-0.15, -0.1) is 0 Å². The summed E-state index contributed by atoms with van der Waals surface area (Å²) in [5.41, 5.74) is 8.88. The summed E-state index contributed by atoms with van der Waals surface area (Å²) in [6, 6.07) is 5.66. The minimum atomic E-state index is -0.0140. The van der Waals surface area contributed by atoms with E-state index in [1.165, 1.54) is 0 Å². The number of nitrogens with zero attached hydrogens (tertiary/aromatic N) is 2. The minimum Gasteiger partial charge on any atom is -0.323 e. The Morgan fingerprint density at radius 1 is 1.53 bits per heavy atom. The van der Waals surface area contributed by atoms with E-state index in [4.69, 9.17) is 17.3 Å². The van der Waals surface area contributed by atoms with Crippen molar-refractivity contribution in [2.24, 2.45) is 5.73 Å². The second kappa shape index (κ2) is 3.83. The van der Waals surface area contributed by atoms with Gasteiger partial charge in [-0.05, 0) is 25.5 Å². The van der Waals surface area contributed by atoms with Crippen LogP contribution in [0.2, 0.25) is 5.15 Å². The molecule has 0 aliphatic rings. The van der Waals surface area contributed by atoms with Gasteiger partial charge in [0.25, 0.3) is 0 Å². The molecule has 2 aromatic rings. The van der Waals surface area contributed by atoms with Crippen LogP contribution in [0.15, 0.2) is 18.2 Å². The molecule has 0 bridgehead atoms. The second-order valence-corrected chi connectivity index (χ2v) is 4.03. The number of pyridine rings is 1. The summed E-state index contributed by atoms with van der Waals surface area (Å²) < 4.78 is 1.92. The number of fused-ring (bicyclic) bond motifs is 1. The SMILES string of the molecule is CCC(N)c1c(C)nc2cccc(Cl)n12. The molecule has 80 valence electrons. The van der Waals surface area contributed by atoms with Crippen LogP contribution in [0.3, 0.4) is 0 Å². The van der Waals surface area contributed by atoms with Crippen molar-refractivity contribution in [2.45, 2.75) is 26.3 Å². The maximum absolute atomic E-state index is 6.14. The third kappa shape index (κ3) is 1.62.